The lowest BCUT2D eigenvalue weighted by molar-refractivity contribution is -0.143. The zero-order valence-electron chi connectivity index (χ0n) is 39.4. The van der Waals surface area contributed by atoms with Crippen LogP contribution in [0.4, 0.5) is 54.5 Å². The number of hydrogen-bond acceptors (Lipinski definition) is 11. The van der Waals surface area contributed by atoms with E-state index in [0.29, 0.717) is 12.3 Å². The van der Waals surface area contributed by atoms with E-state index in [1.165, 1.54) is 13.8 Å². The molecule has 2 aliphatic rings. The van der Waals surface area contributed by atoms with Crippen LogP contribution in [-0.4, -0.2) is 105 Å². The molecule has 0 saturated heterocycles. The summed E-state index contributed by atoms with van der Waals surface area (Å²) in [6.45, 7) is -1.09. The molecule has 4 N–H and O–H groups in total. The molecule has 3 amide bonds. The van der Waals surface area contributed by atoms with Gasteiger partial charge < -0.3 is 20.8 Å². The molecule has 2 aliphatic carbocycles. The Morgan fingerprint density at radius 2 is 1.57 bits per heavy atom. The second-order valence-electron chi connectivity index (χ2n) is 18.8. The van der Waals surface area contributed by atoms with Gasteiger partial charge in [0, 0.05) is 34.9 Å². The van der Waals surface area contributed by atoms with Crippen molar-refractivity contribution in [2.75, 3.05) is 23.4 Å². The van der Waals surface area contributed by atoms with E-state index in [-0.39, 0.29) is 36.9 Å². The number of aliphatic carboxylic acids is 1. The summed E-state index contributed by atoms with van der Waals surface area (Å²) in [5.41, 5.74) is -8.47. The summed E-state index contributed by atoms with van der Waals surface area (Å²) < 4.78 is 198. The molecule has 0 aliphatic heterocycles. The first-order valence-corrected chi connectivity index (χ1v) is 25.9. The fraction of sp³-hybridized carbons (Fsp3) is 0.422. The van der Waals surface area contributed by atoms with Gasteiger partial charge in [-0.3, -0.25) is 19.0 Å². The molecule has 1 saturated carbocycles. The third kappa shape index (κ3) is 11.5. The summed E-state index contributed by atoms with van der Waals surface area (Å²) in [7, 11) is -8.96. The average Bonchev–Trinajstić information content (AvgIpc) is 3.76. The predicted octanol–water partition coefficient (Wildman–Crippen LogP) is 6.99. The Bertz CT molecular complexity index is 3460. The Hall–Kier alpha value is -6.51. The number of urea groups is 1. The molecule has 0 radical (unpaired) electrons. The highest BCUT2D eigenvalue weighted by Gasteiger charge is 2.68. The molecule has 0 bridgehead atoms. The number of nitrogens with one attached hydrogen (secondary N) is 2. The molecule has 3 heterocycles. The van der Waals surface area contributed by atoms with Crippen molar-refractivity contribution in [2.24, 2.45) is 5.92 Å². The van der Waals surface area contributed by atoms with Crippen molar-refractivity contribution in [3.63, 3.8) is 0 Å². The minimum atomic E-state index is -5.25. The number of sulfone groups is 1. The second-order valence-corrected chi connectivity index (χ2v) is 23.6. The van der Waals surface area contributed by atoms with Gasteiger partial charge in [-0.1, -0.05) is 23.6 Å². The van der Waals surface area contributed by atoms with Crippen molar-refractivity contribution in [2.45, 2.75) is 93.6 Å². The Morgan fingerprint density at radius 1 is 0.947 bits per heavy atom. The van der Waals surface area contributed by atoms with Crippen molar-refractivity contribution in [1.29, 1.82) is 0 Å². The quantitative estimate of drug-likeness (QED) is 0.0613. The van der Waals surface area contributed by atoms with E-state index in [1.807, 2.05) is 5.32 Å². The van der Waals surface area contributed by atoms with Crippen LogP contribution < -0.4 is 14.9 Å². The van der Waals surface area contributed by atoms with Gasteiger partial charge in [0.05, 0.1) is 52.5 Å². The van der Waals surface area contributed by atoms with Crippen LogP contribution in [0.25, 0.3) is 22.0 Å². The lowest BCUT2D eigenvalue weighted by Crippen LogP contribution is -2.56. The van der Waals surface area contributed by atoms with Crippen LogP contribution in [0.2, 0.25) is 5.02 Å². The van der Waals surface area contributed by atoms with E-state index in [9.17, 15) is 76.6 Å². The molecule has 2 aromatic carbocycles. The number of anilines is 1. The number of aliphatic hydroxyl groups is 1. The first kappa shape index (κ1) is 56.2. The third-order valence-electron chi connectivity index (χ3n) is 12.3. The summed E-state index contributed by atoms with van der Waals surface area (Å²) in [6.07, 6.45) is -11.2. The number of hydrogen-bond donors (Lipinski definition) is 4. The number of alkyl halides is 8. The van der Waals surface area contributed by atoms with Crippen molar-refractivity contribution in [3.8, 4) is 23.0 Å². The lowest BCUT2D eigenvalue weighted by Gasteiger charge is -2.29. The smallest absolute Gasteiger partial charge is 0.435 e. The number of carbonyl (C=O) groups is 3. The Morgan fingerprint density at radius 3 is 2.13 bits per heavy atom. The normalized spacial score (nSPS) is 17.6. The van der Waals surface area contributed by atoms with Crippen LogP contribution in [-0.2, 0) is 61.1 Å². The number of benzene rings is 2. The number of carbonyl (C=O) groups excluding carboxylic acids is 2. The number of halogens is 11. The fourth-order valence-electron chi connectivity index (χ4n) is 8.59. The van der Waals surface area contributed by atoms with Gasteiger partial charge in [-0.2, -0.15) is 49.6 Å². The highest BCUT2D eigenvalue weighted by molar-refractivity contribution is 7.93. The number of rotatable bonds is 15. The number of carboxylic acids is 1. The maximum atomic E-state index is 15.6. The maximum Gasteiger partial charge on any atom is 0.435 e. The third-order valence-corrected chi connectivity index (χ3v) is 15.6. The minimum absolute atomic E-state index is 0.153. The van der Waals surface area contributed by atoms with Gasteiger partial charge in [0.2, 0.25) is 15.9 Å². The van der Waals surface area contributed by atoms with Crippen molar-refractivity contribution >= 4 is 66.1 Å². The van der Waals surface area contributed by atoms with Crippen LogP contribution >= 0.6 is 11.6 Å². The molecule has 404 valence electrons. The van der Waals surface area contributed by atoms with Gasteiger partial charge >= 0.3 is 24.4 Å². The lowest BCUT2D eigenvalue weighted by atomic mass is 9.93. The van der Waals surface area contributed by atoms with Gasteiger partial charge in [-0.05, 0) is 81.3 Å². The Balaban J connectivity index is 1.49. The molecule has 5 aromatic rings. The number of fused-ring (bicyclic) bond motifs is 4. The first-order valence-electron chi connectivity index (χ1n) is 21.8. The van der Waals surface area contributed by atoms with Crippen LogP contribution in [0.1, 0.15) is 79.5 Å². The van der Waals surface area contributed by atoms with E-state index in [1.54, 1.807) is 0 Å². The number of pyridine rings is 1. The van der Waals surface area contributed by atoms with E-state index in [2.05, 4.69) is 32.3 Å². The summed E-state index contributed by atoms with van der Waals surface area (Å²) in [5.74, 6) is -8.00. The largest absolute Gasteiger partial charge is 0.481 e. The summed E-state index contributed by atoms with van der Waals surface area (Å²) >= 11 is 6.62. The molecule has 3 aromatic heterocycles. The Labute approximate surface area is 424 Å². The molecular weight excluding hydrogens is 1090 g/mol. The van der Waals surface area contributed by atoms with Gasteiger partial charge in [0.15, 0.2) is 21.3 Å². The molecule has 17 nitrogen and oxygen atoms in total. The van der Waals surface area contributed by atoms with Gasteiger partial charge in [0.25, 0.3) is 5.92 Å². The van der Waals surface area contributed by atoms with E-state index in [0.717, 1.165) is 49.6 Å². The first-order chi connectivity index (χ1) is 34.4. The number of nitrogens with zero attached hydrogens (tertiary/aromatic N) is 6. The van der Waals surface area contributed by atoms with E-state index in [4.69, 9.17) is 11.6 Å². The van der Waals surface area contributed by atoms with Crippen LogP contribution in [0.5, 0.6) is 0 Å². The van der Waals surface area contributed by atoms with Crippen LogP contribution in [0.3, 0.4) is 0 Å². The number of aliphatic hydroxyl groups excluding tert-OH is 1. The number of carboxylic acid groups (broad SMARTS) is 1. The molecule has 1 fully saturated rings. The molecule has 2 unspecified atom stereocenters. The molecule has 0 spiro atoms. The monoisotopic (exact) mass is 1130 g/mol. The molecular formula is C45H41ClF10N8O9S2. The highest BCUT2D eigenvalue weighted by atomic mass is 35.5. The molecule has 4 atom stereocenters. The van der Waals surface area contributed by atoms with Crippen molar-refractivity contribution in [1.82, 2.24) is 35.2 Å². The Kier molecular flexibility index (Phi) is 14.4. The highest BCUT2D eigenvalue weighted by Crippen LogP contribution is 2.68. The molecule has 30 heteroatoms. The summed E-state index contributed by atoms with van der Waals surface area (Å²) in [4.78, 5) is 44.2. The van der Waals surface area contributed by atoms with E-state index < -0.39 is 178 Å². The second kappa shape index (κ2) is 19.3. The zero-order chi connectivity index (χ0) is 55.9. The van der Waals surface area contributed by atoms with Crippen molar-refractivity contribution in [3.05, 3.63) is 93.0 Å². The van der Waals surface area contributed by atoms with Crippen molar-refractivity contribution < 1.29 is 85.3 Å². The van der Waals surface area contributed by atoms with E-state index >= 15 is 8.78 Å². The van der Waals surface area contributed by atoms with Gasteiger partial charge in [-0.25, -0.2) is 35.4 Å². The topological polar surface area (TPSA) is 236 Å². The minimum Gasteiger partial charge on any atom is -0.481 e. The summed E-state index contributed by atoms with van der Waals surface area (Å²) in [5, 5.41) is 29.8. The predicted molar refractivity (Wildman–Crippen MR) is 246 cm³/mol. The fourth-order valence-corrected chi connectivity index (χ4v) is 9.85. The zero-order valence-corrected chi connectivity index (χ0v) is 41.8. The maximum absolute atomic E-state index is 15.6. The van der Waals surface area contributed by atoms with Gasteiger partial charge in [0.1, 0.15) is 40.9 Å². The number of aromatic nitrogens is 5. The van der Waals surface area contributed by atoms with Gasteiger partial charge in [-0.15, -0.1) is 0 Å². The number of sulfonamides is 1. The van der Waals surface area contributed by atoms with Crippen LogP contribution in [0.15, 0.2) is 42.5 Å². The molecule has 7 rings (SSSR count). The molecule has 75 heavy (non-hydrogen) atoms. The average molecular weight is 1130 g/mol. The van der Waals surface area contributed by atoms with Crippen LogP contribution in [0, 0.1) is 29.4 Å². The SMILES string of the molecule is CC(CO)(CC(=O)O)NC(=O)N(c1nn(CC(F)(F)F)c2c(-c3ccc(C#CC(C)(C)S(C)(=O)=O)nc3C(Cc3cc(F)cc(F)c3)NC(=O)Cn3nc(C(F)(F)F)c4c3C(F)(F)[C@@H]3C[C@H]43)ccc(Cl)c12)S(C)(=O)=O. The summed E-state index contributed by atoms with van der Waals surface area (Å²) in [6, 6.07) is 2.66. The number of amides is 3. The standard InChI is InChI=1S/C45H41ClF10N8O9S2/c1-41(2,74(4,70)71)11-10-24-6-7-25(26-8-9-29(46)34-36(26)63(19-43(49,50)51)61-39(34)64(75(5,72)73)40(69)59-42(3,20-65)17-32(67)68)35(57-24)30(14-21-12-22(47)15-23(48)13-21)58-31(66)18-62-38-33(37(60-62)45(54,55)56)27-16-28(27)44(38,52)53/h6-9,12-13,15,27-28,30,65H,14,16-20H2,1-5H3,(H,58,66)(H,59,69)(H,67,68)/t27-,28+,30?,42?/m0/s1.